The Morgan fingerprint density at radius 2 is 2.04 bits per heavy atom. The van der Waals surface area contributed by atoms with Gasteiger partial charge in [0.15, 0.2) is 6.10 Å². The minimum atomic E-state index is -4.40. The molecule has 3 aromatic rings. The van der Waals surface area contributed by atoms with Crippen molar-refractivity contribution < 1.29 is 18.0 Å². The molecule has 1 aliphatic rings. The molecule has 8 heteroatoms. The highest BCUT2D eigenvalue weighted by Gasteiger charge is 2.30. The van der Waals surface area contributed by atoms with Crippen LogP contribution in [0.4, 0.5) is 24.5 Å². The van der Waals surface area contributed by atoms with E-state index < -0.39 is 11.7 Å². The molecular weight excluding hydrogens is 369 g/mol. The molecule has 1 aromatic heterocycles. The zero-order valence-corrected chi connectivity index (χ0v) is 14.9. The number of halogens is 3. The summed E-state index contributed by atoms with van der Waals surface area (Å²) in [5.74, 6) is 0. The quantitative estimate of drug-likeness (QED) is 0.662. The Bertz CT molecular complexity index is 1020. The first-order valence-corrected chi connectivity index (χ1v) is 8.64. The minimum Gasteiger partial charge on any atom is -0.388 e. The van der Waals surface area contributed by atoms with E-state index in [-0.39, 0.29) is 6.10 Å². The molecule has 0 bridgehead atoms. The van der Waals surface area contributed by atoms with Gasteiger partial charge in [-0.1, -0.05) is 23.4 Å². The molecule has 2 aromatic carbocycles. The summed E-state index contributed by atoms with van der Waals surface area (Å²) in [6.45, 7) is 0. The van der Waals surface area contributed by atoms with E-state index in [4.69, 9.17) is 4.84 Å². The third-order valence-corrected chi connectivity index (χ3v) is 4.45. The van der Waals surface area contributed by atoms with Gasteiger partial charge in [-0.05, 0) is 29.8 Å². The van der Waals surface area contributed by atoms with E-state index in [1.54, 1.807) is 18.6 Å². The predicted molar refractivity (Wildman–Crippen MR) is 100 cm³/mol. The maximum atomic E-state index is 13.1. The number of alkyl halides is 3. The molecule has 5 nitrogen and oxygen atoms in total. The maximum Gasteiger partial charge on any atom is 0.416 e. The standard InChI is InChI=1S/C20H17F3N4O/c1-27-11-18(24-12-27)16-6-5-13(19-7-8-25-28-19)9-17(16)26-15-4-2-3-14(10-15)20(21,22)23/h2-6,8-12,19,26H,7H2,1H3. The van der Waals surface area contributed by atoms with Crippen molar-refractivity contribution in [1.82, 2.24) is 9.55 Å². The summed E-state index contributed by atoms with van der Waals surface area (Å²) >= 11 is 0. The van der Waals surface area contributed by atoms with E-state index in [1.807, 2.05) is 36.0 Å². The molecule has 0 spiro atoms. The number of oxime groups is 1. The van der Waals surface area contributed by atoms with Crippen LogP contribution in [0.3, 0.4) is 0 Å². The average Bonchev–Trinajstić information content (AvgIpc) is 3.33. The van der Waals surface area contributed by atoms with Gasteiger partial charge in [-0.25, -0.2) is 4.98 Å². The number of hydrogen-bond donors (Lipinski definition) is 1. The Morgan fingerprint density at radius 1 is 1.18 bits per heavy atom. The van der Waals surface area contributed by atoms with Crippen LogP contribution in [0.5, 0.6) is 0 Å². The fourth-order valence-corrected chi connectivity index (χ4v) is 3.06. The molecule has 1 unspecified atom stereocenters. The number of aryl methyl sites for hydroxylation is 1. The molecular formula is C20H17F3N4O. The second kappa shape index (κ2) is 7.03. The Balaban J connectivity index is 1.73. The van der Waals surface area contributed by atoms with Crippen molar-refractivity contribution in [1.29, 1.82) is 0 Å². The lowest BCUT2D eigenvalue weighted by Gasteiger charge is -2.16. The summed E-state index contributed by atoms with van der Waals surface area (Å²) < 4.78 is 41.0. The molecule has 144 valence electrons. The van der Waals surface area contributed by atoms with Crippen molar-refractivity contribution in [2.75, 3.05) is 5.32 Å². The zero-order chi connectivity index (χ0) is 19.7. The molecule has 1 atom stereocenters. The highest BCUT2D eigenvalue weighted by atomic mass is 19.4. The van der Waals surface area contributed by atoms with Gasteiger partial charge < -0.3 is 14.7 Å². The third kappa shape index (κ3) is 3.71. The fourth-order valence-electron chi connectivity index (χ4n) is 3.06. The van der Waals surface area contributed by atoms with E-state index in [9.17, 15) is 13.2 Å². The van der Waals surface area contributed by atoms with Gasteiger partial charge in [-0.2, -0.15) is 13.2 Å². The molecule has 0 saturated carbocycles. The first kappa shape index (κ1) is 18.1. The molecule has 0 fully saturated rings. The summed E-state index contributed by atoms with van der Waals surface area (Å²) in [5.41, 5.74) is 2.65. The van der Waals surface area contributed by atoms with Crippen LogP contribution in [0.2, 0.25) is 0 Å². The highest BCUT2D eigenvalue weighted by molar-refractivity contribution is 5.80. The first-order chi connectivity index (χ1) is 13.4. The predicted octanol–water partition coefficient (Wildman–Crippen LogP) is 5.30. The topological polar surface area (TPSA) is 51.4 Å². The van der Waals surface area contributed by atoms with Gasteiger partial charge in [0.2, 0.25) is 0 Å². The summed E-state index contributed by atoms with van der Waals surface area (Å²) in [7, 11) is 1.86. The lowest BCUT2D eigenvalue weighted by Crippen LogP contribution is -2.05. The lowest BCUT2D eigenvalue weighted by molar-refractivity contribution is -0.137. The van der Waals surface area contributed by atoms with Gasteiger partial charge in [-0.3, -0.25) is 0 Å². The number of imidazole rings is 1. The SMILES string of the molecule is Cn1cnc(-c2ccc(C3CC=NO3)cc2Nc2cccc(C(F)(F)F)c2)c1. The number of nitrogens with zero attached hydrogens (tertiary/aromatic N) is 3. The van der Waals surface area contributed by atoms with Gasteiger partial charge >= 0.3 is 6.18 Å². The lowest BCUT2D eigenvalue weighted by atomic mass is 10.0. The van der Waals surface area contributed by atoms with E-state index in [1.165, 1.54) is 6.07 Å². The van der Waals surface area contributed by atoms with Gasteiger partial charge in [0.1, 0.15) is 0 Å². The fraction of sp³-hybridized carbons (Fsp3) is 0.200. The van der Waals surface area contributed by atoms with Crippen LogP contribution in [0.1, 0.15) is 23.7 Å². The molecule has 1 N–H and O–H groups in total. The second-order valence-corrected chi connectivity index (χ2v) is 6.55. The largest absolute Gasteiger partial charge is 0.416 e. The van der Waals surface area contributed by atoms with Gasteiger partial charge in [0.05, 0.1) is 17.6 Å². The number of benzene rings is 2. The number of hydrogen-bond acceptors (Lipinski definition) is 4. The van der Waals surface area contributed by atoms with Crippen LogP contribution in [0, 0.1) is 0 Å². The monoisotopic (exact) mass is 386 g/mol. The second-order valence-electron chi connectivity index (χ2n) is 6.55. The molecule has 2 heterocycles. The van der Waals surface area contributed by atoms with Crippen molar-refractivity contribution in [2.45, 2.75) is 18.7 Å². The Labute approximate surface area is 159 Å². The first-order valence-electron chi connectivity index (χ1n) is 8.64. The van der Waals surface area contributed by atoms with Gasteiger partial charge in [0, 0.05) is 42.8 Å². The number of aromatic nitrogens is 2. The van der Waals surface area contributed by atoms with Crippen molar-refractivity contribution in [2.24, 2.45) is 12.2 Å². The third-order valence-electron chi connectivity index (χ3n) is 4.45. The van der Waals surface area contributed by atoms with Crippen LogP contribution in [0.25, 0.3) is 11.3 Å². The van der Waals surface area contributed by atoms with E-state index in [0.717, 1.165) is 23.3 Å². The van der Waals surface area contributed by atoms with E-state index in [2.05, 4.69) is 15.5 Å². The van der Waals surface area contributed by atoms with Crippen LogP contribution >= 0.6 is 0 Å². The summed E-state index contributed by atoms with van der Waals surface area (Å²) in [5, 5.41) is 6.90. The molecule has 0 saturated heterocycles. The molecule has 28 heavy (non-hydrogen) atoms. The molecule has 1 aliphatic heterocycles. The van der Waals surface area contributed by atoms with Crippen molar-refractivity contribution in [3.63, 3.8) is 0 Å². The van der Waals surface area contributed by atoms with Crippen LogP contribution in [-0.4, -0.2) is 15.8 Å². The molecule has 0 aliphatic carbocycles. The summed E-state index contributed by atoms with van der Waals surface area (Å²) in [6.07, 6.45) is 1.24. The normalized spacial score (nSPS) is 16.2. The smallest absolute Gasteiger partial charge is 0.388 e. The number of anilines is 2. The summed E-state index contributed by atoms with van der Waals surface area (Å²) in [6, 6.07) is 10.8. The number of nitrogens with one attached hydrogen (secondary N) is 1. The number of rotatable bonds is 4. The van der Waals surface area contributed by atoms with Gasteiger partial charge in [-0.15, -0.1) is 0 Å². The Morgan fingerprint density at radius 3 is 2.71 bits per heavy atom. The maximum absolute atomic E-state index is 13.1. The van der Waals surface area contributed by atoms with Crippen LogP contribution in [-0.2, 0) is 18.1 Å². The minimum absolute atomic E-state index is 0.208. The van der Waals surface area contributed by atoms with Crippen LogP contribution < -0.4 is 5.32 Å². The van der Waals surface area contributed by atoms with E-state index >= 15 is 0 Å². The average molecular weight is 386 g/mol. The molecule has 0 radical (unpaired) electrons. The molecule has 4 rings (SSSR count). The van der Waals surface area contributed by atoms with Gasteiger partial charge in [0.25, 0.3) is 0 Å². The van der Waals surface area contributed by atoms with Crippen molar-refractivity contribution in [3.8, 4) is 11.3 Å². The summed E-state index contributed by atoms with van der Waals surface area (Å²) in [4.78, 5) is 9.69. The Kier molecular flexibility index (Phi) is 4.54. The highest BCUT2D eigenvalue weighted by Crippen LogP contribution is 2.36. The van der Waals surface area contributed by atoms with Crippen LogP contribution in [0.15, 0.2) is 60.1 Å². The Hall–Kier alpha value is -3.29. The van der Waals surface area contributed by atoms with Crippen molar-refractivity contribution in [3.05, 3.63) is 66.1 Å². The zero-order valence-electron chi connectivity index (χ0n) is 14.9. The molecule has 0 amide bonds. The van der Waals surface area contributed by atoms with Crippen molar-refractivity contribution >= 4 is 17.6 Å². The van der Waals surface area contributed by atoms with E-state index in [0.29, 0.717) is 23.5 Å².